The Labute approximate surface area is 168 Å². The van der Waals surface area contributed by atoms with Gasteiger partial charge in [-0.25, -0.2) is 0 Å². The molecule has 4 rings (SSSR count). The van der Waals surface area contributed by atoms with Gasteiger partial charge in [0.05, 0.1) is 6.04 Å². The molecule has 1 aromatic carbocycles. The van der Waals surface area contributed by atoms with Crippen LogP contribution in [0.2, 0.25) is 0 Å². The highest BCUT2D eigenvalue weighted by Crippen LogP contribution is 2.46. The van der Waals surface area contributed by atoms with Gasteiger partial charge in [0.2, 0.25) is 5.91 Å². The summed E-state index contributed by atoms with van der Waals surface area (Å²) >= 11 is 1.93. The predicted octanol–water partition coefficient (Wildman–Crippen LogP) is 4.37. The molecule has 3 nitrogen and oxygen atoms in total. The van der Waals surface area contributed by atoms with Crippen molar-refractivity contribution >= 4 is 17.7 Å². The van der Waals surface area contributed by atoms with E-state index in [1.54, 1.807) is 0 Å². The lowest BCUT2D eigenvalue weighted by atomic mass is 9.87. The summed E-state index contributed by atoms with van der Waals surface area (Å²) in [4.78, 5) is 18.2. The van der Waals surface area contributed by atoms with Crippen molar-refractivity contribution in [3.8, 4) is 0 Å². The lowest BCUT2D eigenvalue weighted by Gasteiger charge is -2.31. The van der Waals surface area contributed by atoms with Gasteiger partial charge in [0.15, 0.2) is 0 Å². The highest BCUT2D eigenvalue weighted by Gasteiger charge is 2.49. The maximum Gasteiger partial charge on any atom is 0.223 e. The third-order valence-electron chi connectivity index (χ3n) is 7.12. The summed E-state index contributed by atoms with van der Waals surface area (Å²) in [5, 5.41) is 0. The topological polar surface area (TPSA) is 23.6 Å². The molecule has 27 heavy (non-hydrogen) atoms. The van der Waals surface area contributed by atoms with E-state index >= 15 is 0 Å². The maximum atomic E-state index is 13.3. The molecule has 3 atom stereocenters. The van der Waals surface area contributed by atoms with E-state index in [1.165, 1.54) is 55.7 Å². The van der Waals surface area contributed by atoms with Crippen molar-refractivity contribution in [1.29, 1.82) is 0 Å². The van der Waals surface area contributed by atoms with E-state index in [0.29, 0.717) is 23.7 Å². The van der Waals surface area contributed by atoms with Gasteiger partial charge in [-0.3, -0.25) is 4.79 Å². The fourth-order valence-electron chi connectivity index (χ4n) is 5.69. The first-order chi connectivity index (χ1) is 13.2. The van der Waals surface area contributed by atoms with Crippen LogP contribution in [0.25, 0.3) is 0 Å². The molecule has 0 spiro atoms. The lowest BCUT2D eigenvalue weighted by molar-refractivity contribution is -0.133. The quantitative estimate of drug-likeness (QED) is 0.725. The number of rotatable bonds is 6. The van der Waals surface area contributed by atoms with Gasteiger partial charge in [-0.2, -0.15) is 11.8 Å². The molecule has 0 bridgehead atoms. The summed E-state index contributed by atoms with van der Waals surface area (Å²) < 4.78 is 0. The van der Waals surface area contributed by atoms with Gasteiger partial charge in [-0.15, -0.1) is 0 Å². The maximum absolute atomic E-state index is 13.3. The molecule has 3 aliphatic rings. The predicted molar refractivity (Wildman–Crippen MR) is 114 cm³/mol. The van der Waals surface area contributed by atoms with Gasteiger partial charge in [0.1, 0.15) is 0 Å². The molecule has 0 N–H and O–H groups in total. The third kappa shape index (κ3) is 4.07. The number of thioether (sulfide) groups is 1. The largest absolute Gasteiger partial charge is 0.335 e. The van der Waals surface area contributed by atoms with E-state index in [2.05, 4.69) is 47.2 Å². The molecule has 1 amide bonds. The number of carbonyl (C=O) groups excluding carboxylic acids is 1. The number of carbonyl (C=O) groups is 1. The summed E-state index contributed by atoms with van der Waals surface area (Å²) in [6, 6.07) is 9.03. The Hall–Kier alpha value is -1.00. The normalized spacial score (nSPS) is 28.8. The monoisotopic (exact) mass is 386 g/mol. The van der Waals surface area contributed by atoms with Crippen LogP contribution < -0.4 is 0 Å². The SMILES string of the molecule is CSCCN1C[C@H]2CN(C(=O)CC3CCCC3)[C@H](c3ccccc3C)[C@H]2C1. The van der Waals surface area contributed by atoms with Crippen molar-refractivity contribution in [2.24, 2.45) is 17.8 Å². The average Bonchev–Trinajstić information content (AvgIpc) is 3.36. The molecule has 1 aromatic rings. The number of fused-ring (bicyclic) bond motifs is 1. The highest BCUT2D eigenvalue weighted by atomic mass is 32.2. The number of hydrogen-bond donors (Lipinski definition) is 0. The number of nitrogens with zero attached hydrogens (tertiary/aromatic N) is 2. The number of hydrogen-bond acceptors (Lipinski definition) is 3. The molecule has 1 saturated carbocycles. The molecule has 0 radical (unpaired) electrons. The summed E-state index contributed by atoms with van der Waals surface area (Å²) in [6.45, 7) is 6.68. The van der Waals surface area contributed by atoms with Crippen LogP contribution in [0.5, 0.6) is 0 Å². The van der Waals surface area contributed by atoms with Gasteiger partial charge in [-0.05, 0) is 49.0 Å². The van der Waals surface area contributed by atoms with E-state index in [4.69, 9.17) is 0 Å². The summed E-state index contributed by atoms with van der Waals surface area (Å²) in [6.07, 6.45) is 8.10. The molecular formula is C23H34N2OS. The second-order valence-corrected chi connectivity index (χ2v) is 9.86. The zero-order chi connectivity index (χ0) is 18.8. The second-order valence-electron chi connectivity index (χ2n) is 8.88. The molecule has 3 fully saturated rings. The van der Waals surface area contributed by atoms with Crippen molar-refractivity contribution in [3.63, 3.8) is 0 Å². The van der Waals surface area contributed by atoms with E-state index in [-0.39, 0.29) is 6.04 Å². The van der Waals surface area contributed by atoms with E-state index in [9.17, 15) is 4.79 Å². The van der Waals surface area contributed by atoms with Gasteiger partial charge >= 0.3 is 0 Å². The fourth-order valence-corrected chi connectivity index (χ4v) is 6.13. The van der Waals surface area contributed by atoms with E-state index < -0.39 is 0 Å². The van der Waals surface area contributed by atoms with E-state index in [0.717, 1.165) is 19.5 Å². The molecule has 0 unspecified atom stereocenters. The highest BCUT2D eigenvalue weighted by molar-refractivity contribution is 7.98. The van der Waals surface area contributed by atoms with Crippen molar-refractivity contribution in [3.05, 3.63) is 35.4 Å². The average molecular weight is 387 g/mol. The second kappa shape index (κ2) is 8.57. The number of likely N-dealkylation sites (tertiary alicyclic amines) is 2. The number of aryl methyl sites for hydroxylation is 1. The molecule has 2 saturated heterocycles. The Morgan fingerprint density at radius 2 is 1.93 bits per heavy atom. The molecular weight excluding hydrogens is 352 g/mol. The Kier molecular flexibility index (Phi) is 6.13. The van der Waals surface area contributed by atoms with Crippen LogP contribution in [0.1, 0.15) is 49.3 Å². The summed E-state index contributed by atoms with van der Waals surface area (Å²) in [5.74, 6) is 3.50. The van der Waals surface area contributed by atoms with E-state index in [1.807, 2.05) is 11.8 Å². The van der Waals surface area contributed by atoms with Crippen LogP contribution in [0, 0.1) is 24.7 Å². The number of benzene rings is 1. The minimum atomic E-state index is 0.282. The van der Waals surface area contributed by atoms with Gasteiger partial charge in [-0.1, -0.05) is 37.1 Å². The van der Waals surface area contributed by atoms with Crippen LogP contribution in [-0.4, -0.2) is 53.9 Å². The van der Waals surface area contributed by atoms with Crippen molar-refractivity contribution < 1.29 is 4.79 Å². The summed E-state index contributed by atoms with van der Waals surface area (Å²) in [5.41, 5.74) is 2.72. The van der Waals surface area contributed by atoms with Crippen LogP contribution in [0.4, 0.5) is 0 Å². The van der Waals surface area contributed by atoms with Gasteiger partial charge < -0.3 is 9.80 Å². The minimum Gasteiger partial charge on any atom is -0.335 e. The standard InChI is InChI=1S/C23H34N2OS/c1-17-7-3-6-10-20(17)23-21-16-24(11-12-27-2)14-19(21)15-25(23)22(26)13-18-8-4-5-9-18/h3,6-7,10,18-19,21,23H,4-5,8-9,11-16H2,1-2H3/t19-,21-,23+/m0/s1. The van der Waals surface area contributed by atoms with Gasteiger partial charge in [0, 0.05) is 44.3 Å². The van der Waals surface area contributed by atoms with Crippen LogP contribution >= 0.6 is 11.8 Å². The first-order valence-electron chi connectivity index (χ1n) is 10.7. The first-order valence-corrected chi connectivity index (χ1v) is 12.1. The third-order valence-corrected chi connectivity index (χ3v) is 7.71. The Morgan fingerprint density at radius 1 is 1.15 bits per heavy atom. The Bertz CT molecular complexity index is 658. The smallest absolute Gasteiger partial charge is 0.223 e. The first kappa shape index (κ1) is 19.3. The van der Waals surface area contributed by atoms with Crippen molar-refractivity contribution in [2.75, 3.05) is 38.2 Å². The number of amides is 1. The van der Waals surface area contributed by atoms with Gasteiger partial charge in [0.25, 0.3) is 0 Å². The van der Waals surface area contributed by atoms with Crippen molar-refractivity contribution in [2.45, 2.75) is 45.1 Å². The Morgan fingerprint density at radius 3 is 2.67 bits per heavy atom. The van der Waals surface area contributed by atoms with Crippen LogP contribution in [-0.2, 0) is 4.79 Å². The molecule has 0 aromatic heterocycles. The minimum absolute atomic E-state index is 0.282. The summed E-state index contributed by atoms with van der Waals surface area (Å²) in [7, 11) is 0. The lowest BCUT2D eigenvalue weighted by Crippen LogP contribution is -2.37. The van der Waals surface area contributed by atoms with Crippen LogP contribution in [0.15, 0.2) is 24.3 Å². The van der Waals surface area contributed by atoms with Crippen molar-refractivity contribution in [1.82, 2.24) is 9.80 Å². The zero-order valence-electron chi connectivity index (χ0n) is 16.9. The zero-order valence-corrected chi connectivity index (χ0v) is 17.7. The van der Waals surface area contributed by atoms with Crippen LogP contribution in [0.3, 0.4) is 0 Å². The molecule has 2 aliphatic heterocycles. The molecule has 1 aliphatic carbocycles. The molecule has 2 heterocycles. The Balaban J connectivity index is 1.54. The molecule has 4 heteroatoms. The fraction of sp³-hybridized carbons (Fsp3) is 0.696. The molecule has 148 valence electrons.